The summed E-state index contributed by atoms with van der Waals surface area (Å²) in [4.78, 5) is 5.03. The van der Waals surface area contributed by atoms with Gasteiger partial charge in [0.2, 0.25) is 0 Å². The molecule has 0 fully saturated rings. The van der Waals surface area contributed by atoms with Crippen molar-refractivity contribution in [2.75, 3.05) is 0 Å². The summed E-state index contributed by atoms with van der Waals surface area (Å²) in [5.74, 6) is 0.566. The van der Waals surface area contributed by atoms with Crippen LogP contribution in [-0.2, 0) is 9.37 Å². The van der Waals surface area contributed by atoms with Crippen LogP contribution < -0.4 is 20.8 Å². The summed E-state index contributed by atoms with van der Waals surface area (Å²) in [5, 5.41) is 8.15. The normalized spacial score (nSPS) is 10.7. The summed E-state index contributed by atoms with van der Waals surface area (Å²) in [5.41, 5.74) is 0. The maximum Gasteiger partial charge on any atom is 0.169 e. The van der Waals surface area contributed by atoms with Gasteiger partial charge >= 0.3 is 0 Å². The van der Waals surface area contributed by atoms with Gasteiger partial charge in [0.1, 0.15) is 0 Å². The van der Waals surface area contributed by atoms with Gasteiger partial charge in [-0.15, -0.1) is 4.33 Å². The zero-order valence-electron chi connectivity index (χ0n) is 12.2. The minimum Gasteiger partial charge on any atom is -0.307 e. The van der Waals surface area contributed by atoms with Crippen molar-refractivity contribution in [3.63, 3.8) is 0 Å². The van der Waals surface area contributed by atoms with E-state index in [1.54, 1.807) is 6.07 Å². The average Bonchev–Trinajstić information content (AvgIpc) is 2.62. The maximum atomic E-state index is 5.03. The summed E-state index contributed by atoms with van der Waals surface area (Å²) in [7, 11) is -0.673. The van der Waals surface area contributed by atoms with E-state index in [4.69, 9.17) is 4.89 Å². The first-order valence-electron chi connectivity index (χ1n) is 7.03. The highest BCUT2D eigenvalue weighted by molar-refractivity contribution is 7.79. The third kappa shape index (κ3) is 4.12. The Morgan fingerprint density at radius 1 is 0.652 bits per heavy atom. The second-order valence-electron chi connectivity index (χ2n) is 4.73. The molecule has 0 bridgehead atoms. The molecule has 0 saturated carbocycles. The molecule has 0 unspecified atom stereocenters. The average molecular weight is 342 g/mol. The van der Waals surface area contributed by atoms with Crippen LogP contribution in [0, 0.1) is 0 Å². The fourth-order valence-electron chi connectivity index (χ4n) is 2.33. The van der Waals surface area contributed by atoms with Gasteiger partial charge in [0.05, 0.1) is 0 Å². The Labute approximate surface area is 142 Å². The predicted octanol–water partition coefficient (Wildman–Crippen LogP) is 3.53. The zero-order chi connectivity index (χ0) is 15.9. The molecule has 0 saturated heterocycles. The van der Waals surface area contributed by atoms with Crippen LogP contribution in [0.25, 0.3) is 0 Å². The topological polar surface area (TPSA) is 27.7 Å². The van der Waals surface area contributed by atoms with Gasteiger partial charge < -0.3 is 4.89 Å². The molecular formula is C18H15O3PS. The molecule has 116 valence electrons. The third-order valence-electron chi connectivity index (χ3n) is 3.27. The minimum atomic E-state index is -0.673. The molecule has 0 aromatic heterocycles. The van der Waals surface area contributed by atoms with Gasteiger partial charge in [-0.05, 0) is 41.0 Å². The van der Waals surface area contributed by atoms with Gasteiger partial charge in [-0.25, -0.2) is 0 Å². The molecule has 0 radical (unpaired) electrons. The second-order valence-corrected chi connectivity index (χ2v) is 7.10. The molecule has 3 aromatic carbocycles. The highest BCUT2D eigenvalue weighted by Crippen LogP contribution is 2.33. The number of thiol groups is 1. The summed E-state index contributed by atoms with van der Waals surface area (Å²) >= 11 is 3.49. The van der Waals surface area contributed by atoms with E-state index in [2.05, 4.69) is 76.9 Å². The molecule has 0 aliphatic heterocycles. The lowest BCUT2D eigenvalue weighted by molar-refractivity contribution is -0.402. The van der Waals surface area contributed by atoms with Gasteiger partial charge in [0.25, 0.3) is 0 Å². The van der Waals surface area contributed by atoms with Crippen LogP contribution in [0.4, 0.5) is 0 Å². The number of hydrogen-bond acceptors (Lipinski definition) is 4. The monoisotopic (exact) mass is 342 g/mol. The van der Waals surface area contributed by atoms with Crippen LogP contribution in [0.1, 0.15) is 0 Å². The second kappa shape index (κ2) is 8.14. The van der Waals surface area contributed by atoms with E-state index in [0.29, 0.717) is 5.75 Å². The number of hydrogen-bond donors (Lipinski definition) is 1. The quantitative estimate of drug-likeness (QED) is 0.244. The fraction of sp³-hybridized carbons (Fsp3) is 0. The molecule has 0 aliphatic rings. The van der Waals surface area contributed by atoms with Gasteiger partial charge in [0, 0.05) is 12.9 Å². The van der Waals surface area contributed by atoms with Crippen molar-refractivity contribution in [1.82, 2.24) is 0 Å². The molecule has 3 rings (SSSR count). The molecule has 0 atom stereocenters. The molecule has 5 heteroatoms. The molecule has 0 spiro atoms. The molecule has 0 heterocycles. The van der Waals surface area contributed by atoms with E-state index in [1.807, 2.05) is 24.3 Å². The molecule has 0 N–H and O–H groups in total. The maximum absolute atomic E-state index is 5.03. The largest absolute Gasteiger partial charge is 0.307 e. The Bertz CT molecular complexity index is 698. The molecular weight excluding hydrogens is 327 g/mol. The van der Waals surface area contributed by atoms with E-state index < -0.39 is 7.92 Å². The van der Waals surface area contributed by atoms with E-state index in [0.717, 1.165) is 5.30 Å². The van der Waals surface area contributed by atoms with Crippen LogP contribution in [0.2, 0.25) is 0 Å². The lowest BCUT2D eigenvalue weighted by Crippen LogP contribution is -2.20. The zero-order valence-corrected chi connectivity index (χ0v) is 14.0. The van der Waals surface area contributed by atoms with Crippen LogP contribution in [0.3, 0.4) is 0 Å². The van der Waals surface area contributed by atoms with E-state index in [1.165, 1.54) is 10.6 Å². The summed E-state index contributed by atoms with van der Waals surface area (Å²) in [6, 6.07) is 28.7. The van der Waals surface area contributed by atoms with Crippen molar-refractivity contribution in [2.45, 2.75) is 0 Å². The Morgan fingerprint density at radius 2 is 1.22 bits per heavy atom. The van der Waals surface area contributed by atoms with Crippen molar-refractivity contribution in [2.24, 2.45) is 0 Å². The molecule has 3 aromatic rings. The van der Waals surface area contributed by atoms with E-state index in [-0.39, 0.29) is 0 Å². The van der Waals surface area contributed by atoms with E-state index >= 15 is 0 Å². The smallest absolute Gasteiger partial charge is 0.169 e. The van der Waals surface area contributed by atoms with Crippen molar-refractivity contribution in [1.29, 1.82) is 0 Å². The first-order valence-corrected chi connectivity index (χ1v) is 8.74. The molecule has 0 aliphatic carbocycles. The first kappa shape index (κ1) is 16.0. The van der Waals surface area contributed by atoms with Crippen LogP contribution in [0.5, 0.6) is 5.75 Å². The van der Waals surface area contributed by atoms with Crippen molar-refractivity contribution < 1.29 is 14.3 Å². The standard InChI is InChI=1S/C18H15O3PS/c23-21-20-19-15-8-7-13-18(14-15)22(16-9-3-1-4-10-16)17-11-5-2-6-12-17/h1-14,23H. The molecule has 23 heavy (non-hydrogen) atoms. The SMILES string of the molecule is SOOOc1cccc(P(c2ccccc2)c2ccccc2)c1. The highest BCUT2D eigenvalue weighted by atomic mass is 32.1. The molecule has 3 nitrogen and oxygen atoms in total. The lowest BCUT2D eigenvalue weighted by atomic mass is 10.3. The third-order valence-corrected chi connectivity index (χ3v) is 5.75. The Hall–Kier alpha value is -1.84. The van der Waals surface area contributed by atoms with Gasteiger partial charge in [0.15, 0.2) is 5.75 Å². The van der Waals surface area contributed by atoms with Gasteiger partial charge in [-0.2, -0.15) is 0 Å². The Kier molecular flexibility index (Phi) is 5.67. The van der Waals surface area contributed by atoms with Gasteiger partial charge in [-0.1, -0.05) is 72.8 Å². The molecule has 0 amide bonds. The summed E-state index contributed by atoms with van der Waals surface area (Å²) < 4.78 is 4.19. The fourth-order valence-corrected chi connectivity index (χ4v) is 4.69. The Morgan fingerprint density at radius 3 is 1.78 bits per heavy atom. The van der Waals surface area contributed by atoms with Crippen molar-refractivity contribution >= 4 is 36.7 Å². The number of rotatable bonds is 6. The van der Waals surface area contributed by atoms with Gasteiger partial charge in [-0.3, -0.25) is 0 Å². The number of benzene rings is 3. The highest BCUT2D eigenvalue weighted by Gasteiger charge is 2.16. The lowest BCUT2D eigenvalue weighted by Gasteiger charge is -2.19. The van der Waals surface area contributed by atoms with Crippen LogP contribution in [0.15, 0.2) is 84.9 Å². The summed E-state index contributed by atoms with van der Waals surface area (Å²) in [6.45, 7) is 0. The van der Waals surface area contributed by atoms with Crippen molar-refractivity contribution in [3.8, 4) is 5.75 Å². The predicted molar refractivity (Wildman–Crippen MR) is 96.9 cm³/mol. The van der Waals surface area contributed by atoms with Crippen LogP contribution in [-0.4, -0.2) is 0 Å². The van der Waals surface area contributed by atoms with Crippen LogP contribution >= 0.6 is 20.8 Å². The summed E-state index contributed by atoms with van der Waals surface area (Å²) in [6.07, 6.45) is 0. The first-order chi connectivity index (χ1) is 11.4. The minimum absolute atomic E-state index is 0.566. The van der Waals surface area contributed by atoms with Crippen molar-refractivity contribution in [3.05, 3.63) is 84.9 Å². The van der Waals surface area contributed by atoms with E-state index in [9.17, 15) is 0 Å². The Balaban J connectivity index is 2.02.